The highest BCUT2D eigenvalue weighted by Gasteiger charge is 2.44. The molecule has 2 atom stereocenters. The van der Waals surface area contributed by atoms with Crippen molar-refractivity contribution in [1.82, 2.24) is 19.8 Å². The third-order valence-corrected chi connectivity index (χ3v) is 8.08. The molecule has 0 spiro atoms. The molecule has 1 N–H and O–H groups in total. The molecular weight excluding hydrogens is 436 g/mol. The van der Waals surface area contributed by atoms with E-state index in [1.165, 1.54) is 71.4 Å². The Balaban J connectivity index is 1.66. The van der Waals surface area contributed by atoms with Crippen molar-refractivity contribution in [3.05, 3.63) is 81.9 Å². The maximum Gasteiger partial charge on any atom is 0.170 e. The quantitative estimate of drug-likeness (QED) is 0.427. The van der Waals surface area contributed by atoms with E-state index >= 15 is 0 Å². The van der Waals surface area contributed by atoms with E-state index < -0.39 is 0 Å². The topological polar surface area (TPSA) is 33.1 Å². The number of pyridine rings is 1. The molecule has 4 nitrogen and oxygen atoms in total. The van der Waals surface area contributed by atoms with Gasteiger partial charge in [-0.05, 0) is 94.6 Å². The molecule has 0 unspecified atom stereocenters. The number of hydrogen-bond donors (Lipinski definition) is 1. The van der Waals surface area contributed by atoms with E-state index in [4.69, 9.17) is 17.2 Å². The Labute approximate surface area is 209 Å². The van der Waals surface area contributed by atoms with Crippen LogP contribution >= 0.6 is 12.2 Å². The number of thiocarbonyl (C=S) groups is 1. The van der Waals surface area contributed by atoms with Gasteiger partial charge in [-0.1, -0.05) is 43.0 Å². The van der Waals surface area contributed by atoms with Crippen LogP contribution in [-0.4, -0.2) is 25.6 Å². The fraction of sp³-hybridized carbons (Fsp3) is 0.448. The normalized spacial score (nSPS) is 21.2. The van der Waals surface area contributed by atoms with Crippen molar-refractivity contribution < 1.29 is 0 Å². The molecule has 1 saturated carbocycles. The highest BCUT2D eigenvalue weighted by molar-refractivity contribution is 7.80. The second-order valence-corrected chi connectivity index (χ2v) is 10.6. The predicted octanol–water partition coefficient (Wildman–Crippen LogP) is 6.72. The summed E-state index contributed by atoms with van der Waals surface area (Å²) < 4.78 is 2.45. The van der Waals surface area contributed by atoms with Crippen LogP contribution in [0, 0.1) is 34.6 Å². The zero-order chi connectivity index (χ0) is 24.0. The van der Waals surface area contributed by atoms with Gasteiger partial charge in [-0.3, -0.25) is 4.98 Å². The number of aromatic nitrogens is 2. The van der Waals surface area contributed by atoms with E-state index in [9.17, 15) is 0 Å². The van der Waals surface area contributed by atoms with E-state index in [0.717, 1.165) is 10.8 Å². The van der Waals surface area contributed by atoms with Crippen molar-refractivity contribution >= 4 is 17.3 Å². The molecule has 1 aromatic carbocycles. The molecule has 1 aliphatic carbocycles. The summed E-state index contributed by atoms with van der Waals surface area (Å²) in [5, 5.41) is 4.55. The molecular formula is C29H36N4S. The first-order valence-electron chi connectivity index (χ1n) is 12.6. The Bertz CT molecular complexity index is 1180. The number of nitrogens with one attached hydrogen (secondary N) is 1. The monoisotopic (exact) mass is 472 g/mol. The Morgan fingerprint density at radius 2 is 1.65 bits per heavy atom. The Kier molecular flexibility index (Phi) is 6.24. The van der Waals surface area contributed by atoms with Gasteiger partial charge in [0.2, 0.25) is 0 Å². The number of benzene rings is 1. The molecule has 0 amide bonds. The van der Waals surface area contributed by atoms with E-state index in [1.54, 1.807) is 0 Å². The van der Waals surface area contributed by atoms with Gasteiger partial charge in [0.05, 0.1) is 23.5 Å². The minimum Gasteiger partial charge on any atom is -0.352 e. The number of nitrogens with zero attached hydrogens (tertiary/aromatic N) is 3. The molecule has 1 saturated heterocycles. The molecule has 0 bridgehead atoms. The van der Waals surface area contributed by atoms with Crippen LogP contribution in [0.3, 0.4) is 0 Å². The van der Waals surface area contributed by atoms with Gasteiger partial charge in [0.25, 0.3) is 0 Å². The maximum atomic E-state index is 5.99. The van der Waals surface area contributed by atoms with Crippen LogP contribution in [0.5, 0.6) is 0 Å². The van der Waals surface area contributed by atoms with Gasteiger partial charge in [0, 0.05) is 23.6 Å². The zero-order valence-electron chi connectivity index (χ0n) is 21.1. The fourth-order valence-corrected chi connectivity index (χ4v) is 6.80. The van der Waals surface area contributed by atoms with Crippen LogP contribution in [0.15, 0.2) is 42.6 Å². The van der Waals surface area contributed by atoms with Crippen LogP contribution in [0.2, 0.25) is 0 Å². The Hall–Kier alpha value is -2.66. The largest absolute Gasteiger partial charge is 0.352 e. The van der Waals surface area contributed by atoms with Crippen LogP contribution in [0.25, 0.3) is 5.69 Å². The Morgan fingerprint density at radius 3 is 2.29 bits per heavy atom. The SMILES string of the molecule is Cc1cc(C)c(-n2c(C)cc([C@H]3[C@H](c4ccccn4)NC(=S)N3C3CCCCC3)c2C)c(C)c1. The smallest absolute Gasteiger partial charge is 0.170 e. The van der Waals surface area contributed by atoms with Gasteiger partial charge in [-0.15, -0.1) is 0 Å². The van der Waals surface area contributed by atoms with Crippen LogP contribution < -0.4 is 5.32 Å². The van der Waals surface area contributed by atoms with Gasteiger partial charge in [0.1, 0.15) is 0 Å². The maximum absolute atomic E-state index is 5.99. The molecule has 2 aliphatic rings. The van der Waals surface area contributed by atoms with Gasteiger partial charge in [-0.2, -0.15) is 0 Å². The fourth-order valence-electron chi connectivity index (χ4n) is 6.41. The van der Waals surface area contributed by atoms with Crippen molar-refractivity contribution in [2.45, 2.75) is 84.8 Å². The van der Waals surface area contributed by atoms with E-state index in [1.807, 2.05) is 12.3 Å². The summed E-state index contributed by atoms with van der Waals surface area (Å²) in [7, 11) is 0. The molecule has 3 aromatic rings. The van der Waals surface area contributed by atoms with Crippen LogP contribution in [0.4, 0.5) is 0 Å². The number of hydrogen-bond acceptors (Lipinski definition) is 2. The molecule has 2 aromatic heterocycles. The number of aryl methyl sites for hydroxylation is 4. The van der Waals surface area contributed by atoms with Gasteiger partial charge in [0.15, 0.2) is 5.11 Å². The first kappa shape index (κ1) is 23.1. The molecule has 5 rings (SSSR count). The lowest BCUT2D eigenvalue weighted by Gasteiger charge is -2.37. The first-order chi connectivity index (χ1) is 16.4. The first-order valence-corrected chi connectivity index (χ1v) is 13.0. The van der Waals surface area contributed by atoms with Crippen LogP contribution in [0.1, 0.15) is 83.5 Å². The Morgan fingerprint density at radius 1 is 0.941 bits per heavy atom. The van der Waals surface area contributed by atoms with Gasteiger partial charge in [-0.25, -0.2) is 0 Å². The van der Waals surface area contributed by atoms with Crippen molar-refractivity contribution in [3.63, 3.8) is 0 Å². The van der Waals surface area contributed by atoms with Crippen molar-refractivity contribution in [2.24, 2.45) is 0 Å². The summed E-state index contributed by atoms with van der Waals surface area (Å²) in [6.07, 6.45) is 8.21. The highest BCUT2D eigenvalue weighted by Crippen LogP contribution is 2.44. The lowest BCUT2D eigenvalue weighted by molar-refractivity contribution is 0.197. The second-order valence-electron chi connectivity index (χ2n) is 10.2. The average Bonchev–Trinajstić information content (AvgIpc) is 3.30. The van der Waals surface area contributed by atoms with E-state index in [0.29, 0.717) is 6.04 Å². The summed E-state index contributed by atoms with van der Waals surface area (Å²) >= 11 is 5.99. The third kappa shape index (κ3) is 3.94. The molecule has 178 valence electrons. The summed E-state index contributed by atoms with van der Waals surface area (Å²) in [5.41, 5.74) is 10.2. The highest BCUT2D eigenvalue weighted by atomic mass is 32.1. The van der Waals surface area contributed by atoms with E-state index in [-0.39, 0.29) is 12.1 Å². The summed E-state index contributed by atoms with van der Waals surface area (Å²) in [4.78, 5) is 7.27. The lowest BCUT2D eigenvalue weighted by atomic mass is 9.90. The minimum atomic E-state index is 0.0461. The molecule has 0 radical (unpaired) electrons. The van der Waals surface area contributed by atoms with Crippen molar-refractivity contribution in [2.75, 3.05) is 0 Å². The van der Waals surface area contributed by atoms with Crippen molar-refractivity contribution in [3.8, 4) is 5.69 Å². The van der Waals surface area contributed by atoms with Crippen molar-refractivity contribution in [1.29, 1.82) is 0 Å². The summed E-state index contributed by atoms with van der Waals surface area (Å²) in [5.74, 6) is 0. The second kappa shape index (κ2) is 9.18. The predicted molar refractivity (Wildman–Crippen MR) is 144 cm³/mol. The third-order valence-electron chi connectivity index (χ3n) is 7.75. The molecule has 1 aliphatic heterocycles. The lowest BCUT2D eigenvalue weighted by Crippen LogP contribution is -2.40. The van der Waals surface area contributed by atoms with E-state index in [2.05, 4.69) is 79.7 Å². The molecule has 2 fully saturated rings. The zero-order valence-corrected chi connectivity index (χ0v) is 21.9. The standard InChI is InChI=1S/C29H36N4S/c1-18-15-19(2)27(20(3)16-18)32-21(4)17-24(22(32)5)28-26(25-13-9-10-14-30-25)31-29(34)33(28)23-11-7-6-8-12-23/h9-10,13-17,23,26,28H,6-8,11-12H2,1-5H3,(H,31,34)/t26-,28-/m0/s1. The van der Waals surface area contributed by atoms with Gasteiger partial charge < -0.3 is 14.8 Å². The minimum absolute atomic E-state index is 0.0461. The van der Waals surface area contributed by atoms with Gasteiger partial charge >= 0.3 is 0 Å². The average molecular weight is 473 g/mol. The number of rotatable bonds is 4. The molecule has 34 heavy (non-hydrogen) atoms. The summed E-state index contributed by atoms with van der Waals surface area (Å²) in [6, 6.07) is 13.8. The molecule has 5 heteroatoms. The summed E-state index contributed by atoms with van der Waals surface area (Å²) in [6.45, 7) is 11.1. The van der Waals surface area contributed by atoms with Crippen LogP contribution in [-0.2, 0) is 0 Å². The molecule has 3 heterocycles.